The van der Waals surface area contributed by atoms with Gasteiger partial charge in [0, 0.05) is 11.8 Å². The fourth-order valence-electron chi connectivity index (χ4n) is 1.37. The second-order valence-electron chi connectivity index (χ2n) is 3.11. The predicted molar refractivity (Wildman–Crippen MR) is 47.4 cm³/mol. The number of ether oxygens (including phenoxy) is 1. The van der Waals surface area contributed by atoms with Crippen molar-refractivity contribution in [2.45, 2.75) is 25.7 Å². The van der Waals surface area contributed by atoms with Gasteiger partial charge in [-0.1, -0.05) is 6.07 Å². The summed E-state index contributed by atoms with van der Waals surface area (Å²) in [4.78, 5) is 4.21. The third-order valence-corrected chi connectivity index (χ3v) is 2.10. The minimum absolute atomic E-state index is 0.705. The average Bonchev–Trinajstić information content (AvgIpc) is 2.89. The van der Waals surface area contributed by atoms with Crippen LogP contribution in [0, 0.1) is 0 Å². The lowest BCUT2D eigenvalue weighted by Gasteiger charge is -2.06. The molecular weight excluding hydrogens is 150 g/mol. The SMILES string of the molecule is CCOc1ncccc1C1CC1. The van der Waals surface area contributed by atoms with E-state index < -0.39 is 0 Å². The van der Waals surface area contributed by atoms with Gasteiger partial charge in [-0.2, -0.15) is 0 Å². The molecular formula is C10H13NO. The summed E-state index contributed by atoms with van der Waals surface area (Å²) in [7, 11) is 0. The normalized spacial score (nSPS) is 16.1. The molecule has 64 valence electrons. The van der Waals surface area contributed by atoms with Gasteiger partial charge in [0.2, 0.25) is 5.88 Å². The molecule has 12 heavy (non-hydrogen) atoms. The first kappa shape index (κ1) is 7.59. The van der Waals surface area contributed by atoms with Crippen molar-refractivity contribution in [3.63, 3.8) is 0 Å². The summed E-state index contributed by atoms with van der Waals surface area (Å²) in [5.41, 5.74) is 1.29. The molecule has 0 aliphatic heterocycles. The van der Waals surface area contributed by atoms with Crippen LogP contribution < -0.4 is 4.74 Å². The third-order valence-electron chi connectivity index (χ3n) is 2.10. The quantitative estimate of drug-likeness (QED) is 0.682. The van der Waals surface area contributed by atoms with E-state index in [0.717, 1.165) is 11.8 Å². The number of pyridine rings is 1. The maximum atomic E-state index is 5.43. The second kappa shape index (κ2) is 3.13. The van der Waals surface area contributed by atoms with Crippen LogP contribution in [0.2, 0.25) is 0 Å². The number of rotatable bonds is 3. The zero-order valence-electron chi connectivity index (χ0n) is 7.29. The molecule has 1 aromatic rings. The van der Waals surface area contributed by atoms with Crippen molar-refractivity contribution in [3.05, 3.63) is 23.9 Å². The first-order chi connectivity index (χ1) is 5.92. The highest BCUT2D eigenvalue weighted by molar-refractivity contribution is 5.32. The summed E-state index contributed by atoms with van der Waals surface area (Å²) in [5, 5.41) is 0. The van der Waals surface area contributed by atoms with Crippen molar-refractivity contribution < 1.29 is 4.74 Å². The van der Waals surface area contributed by atoms with Crippen LogP contribution in [-0.4, -0.2) is 11.6 Å². The number of aromatic nitrogens is 1. The summed E-state index contributed by atoms with van der Waals surface area (Å²) in [6.07, 6.45) is 4.38. The van der Waals surface area contributed by atoms with Crippen LogP contribution in [0.3, 0.4) is 0 Å². The summed E-state index contributed by atoms with van der Waals surface area (Å²) in [6, 6.07) is 4.10. The first-order valence-electron chi connectivity index (χ1n) is 4.49. The van der Waals surface area contributed by atoms with Crippen LogP contribution in [0.4, 0.5) is 0 Å². The fraction of sp³-hybridized carbons (Fsp3) is 0.500. The Kier molecular flexibility index (Phi) is 1.98. The zero-order valence-corrected chi connectivity index (χ0v) is 7.29. The average molecular weight is 163 g/mol. The van der Waals surface area contributed by atoms with Gasteiger partial charge in [0.15, 0.2) is 0 Å². The molecule has 1 saturated carbocycles. The Hall–Kier alpha value is -1.05. The van der Waals surface area contributed by atoms with E-state index in [0.29, 0.717) is 6.61 Å². The Morgan fingerprint density at radius 1 is 1.58 bits per heavy atom. The van der Waals surface area contributed by atoms with Gasteiger partial charge in [-0.25, -0.2) is 4.98 Å². The number of hydrogen-bond acceptors (Lipinski definition) is 2. The summed E-state index contributed by atoms with van der Waals surface area (Å²) in [6.45, 7) is 2.70. The topological polar surface area (TPSA) is 22.1 Å². The Balaban J connectivity index is 2.24. The summed E-state index contributed by atoms with van der Waals surface area (Å²) >= 11 is 0. The number of hydrogen-bond donors (Lipinski definition) is 0. The van der Waals surface area contributed by atoms with Gasteiger partial charge in [0.05, 0.1) is 6.61 Å². The molecule has 1 fully saturated rings. The van der Waals surface area contributed by atoms with E-state index in [9.17, 15) is 0 Å². The lowest BCUT2D eigenvalue weighted by atomic mass is 10.2. The zero-order chi connectivity index (χ0) is 8.39. The van der Waals surface area contributed by atoms with Crippen molar-refractivity contribution in [2.24, 2.45) is 0 Å². The molecule has 0 bridgehead atoms. The lowest BCUT2D eigenvalue weighted by Crippen LogP contribution is -1.97. The van der Waals surface area contributed by atoms with E-state index in [1.807, 2.05) is 13.0 Å². The first-order valence-corrected chi connectivity index (χ1v) is 4.49. The fourth-order valence-corrected chi connectivity index (χ4v) is 1.37. The van der Waals surface area contributed by atoms with Crippen molar-refractivity contribution in [1.82, 2.24) is 4.98 Å². The minimum Gasteiger partial charge on any atom is -0.478 e. The largest absolute Gasteiger partial charge is 0.478 e. The standard InChI is InChI=1S/C10H13NO/c1-2-12-10-9(8-5-6-8)4-3-7-11-10/h3-4,7-8H,2,5-6H2,1H3. The maximum absolute atomic E-state index is 5.43. The van der Waals surface area contributed by atoms with E-state index in [1.165, 1.54) is 18.4 Å². The van der Waals surface area contributed by atoms with Crippen LogP contribution in [0.25, 0.3) is 0 Å². The van der Waals surface area contributed by atoms with Crippen LogP contribution >= 0.6 is 0 Å². The molecule has 0 amide bonds. The molecule has 0 N–H and O–H groups in total. The molecule has 0 spiro atoms. The van der Waals surface area contributed by atoms with Crippen molar-refractivity contribution in [2.75, 3.05) is 6.61 Å². The molecule has 0 radical (unpaired) electrons. The summed E-state index contributed by atoms with van der Waals surface area (Å²) < 4.78 is 5.43. The molecule has 2 heteroatoms. The van der Waals surface area contributed by atoms with Gasteiger partial charge in [-0.05, 0) is 31.7 Å². The maximum Gasteiger partial charge on any atom is 0.216 e. The third kappa shape index (κ3) is 1.42. The van der Waals surface area contributed by atoms with Gasteiger partial charge in [0.25, 0.3) is 0 Å². The highest BCUT2D eigenvalue weighted by Crippen LogP contribution is 2.43. The van der Waals surface area contributed by atoms with Gasteiger partial charge in [-0.3, -0.25) is 0 Å². The van der Waals surface area contributed by atoms with Gasteiger partial charge in [-0.15, -0.1) is 0 Å². The van der Waals surface area contributed by atoms with Crippen LogP contribution in [-0.2, 0) is 0 Å². The molecule has 1 aromatic heterocycles. The predicted octanol–water partition coefficient (Wildman–Crippen LogP) is 2.36. The van der Waals surface area contributed by atoms with Crippen molar-refractivity contribution in [1.29, 1.82) is 0 Å². The molecule has 0 atom stereocenters. The smallest absolute Gasteiger partial charge is 0.216 e. The molecule has 0 saturated heterocycles. The minimum atomic E-state index is 0.705. The van der Waals surface area contributed by atoms with E-state index in [2.05, 4.69) is 11.1 Å². The Bertz CT molecular complexity index is 268. The second-order valence-corrected chi connectivity index (χ2v) is 3.11. The number of nitrogens with zero attached hydrogens (tertiary/aromatic N) is 1. The monoisotopic (exact) mass is 163 g/mol. The molecule has 1 aliphatic carbocycles. The molecule has 2 rings (SSSR count). The van der Waals surface area contributed by atoms with Crippen molar-refractivity contribution in [3.8, 4) is 5.88 Å². The van der Waals surface area contributed by atoms with E-state index in [4.69, 9.17) is 4.74 Å². The molecule has 0 aromatic carbocycles. The van der Waals surface area contributed by atoms with Gasteiger partial charge >= 0.3 is 0 Å². The Morgan fingerprint density at radius 3 is 3.08 bits per heavy atom. The Morgan fingerprint density at radius 2 is 2.42 bits per heavy atom. The molecule has 2 nitrogen and oxygen atoms in total. The molecule has 0 unspecified atom stereocenters. The molecule has 1 heterocycles. The van der Waals surface area contributed by atoms with Crippen LogP contribution in [0.15, 0.2) is 18.3 Å². The van der Waals surface area contributed by atoms with Gasteiger partial charge in [0.1, 0.15) is 0 Å². The highest BCUT2D eigenvalue weighted by atomic mass is 16.5. The van der Waals surface area contributed by atoms with Crippen LogP contribution in [0.1, 0.15) is 31.2 Å². The van der Waals surface area contributed by atoms with Crippen LogP contribution in [0.5, 0.6) is 5.88 Å². The van der Waals surface area contributed by atoms with E-state index in [-0.39, 0.29) is 0 Å². The van der Waals surface area contributed by atoms with E-state index in [1.54, 1.807) is 6.20 Å². The van der Waals surface area contributed by atoms with E-state index >= 15 is 0 Å². The Labute approximate surface area is 72.6 Å². The van der Waals surface area contributed by atoms with Gasteiger partial charge < -0.3 is 4.74 Å². The summed E-state index contributed by atoms with van der Waals surface area (Å²) in [5.74, 6) is 1.56. The van der Waals surface area contributed by atoms with Crippen molar-refractivity contribution >= 4 is 0 Å². The lowest BCUT2D eigenvalue weighted by molar-refractivity contribution is 0.323. The molecule has 1 aliphatic rings. The highest BCUT2D eigenvalue weighted by Gasteiger charge is 2.26.